The van der Waals surface area contributed by atoms with Crippen LogP contribution >= 0.6 is 0 Å². The van der Waals surface area contributed by atoms with Crippen LogP contribution < -0.4 is 4.68 Å². The monoisotopic (exact) mass is 181 g/mol. The van der Waals surface area contributed by atoms with Crippen molar-refractivity contribution in [3.05, 3.63) is 18.0 Å². The van der Waals surface area contributed by atoms with Crippen molar-refractivity contribution >= 4 is 0 Å². The van der Waals surface area contributed by atoms with E-state index < -0.39 is 0 Å². The van der Waals surface area contributed by atoms with Gasteiger partial charge in [0.15, 0.2) is 12.7 Å². The average Bonchev–Trinajstić information content (AvgIpc) is 2.43. The molecule has 0 bridgehead atoms. The van der Waals surface area contributed by atoms with Crippen LogP contribution in [0.5, 0.6) is 0 Å². The van der Waals surface area contributed by atoms with Crippen molar-refractivity contribution in [2.24, 2.45) is 7.05 Å². The third-order valence-electron chi connectivity index (χ3n) is 2.51. The van der Waals surface area contributed by atoms with E-state index in [0.29, 0.717) is 5.92 Å². The lowest BCUT2D eigenvalue weighted by molar-refractivity contribution is -0.774. The predicted molar refractivity (Wildman–Crippen MR) is 54.6 cm³/mol. The maximum Gasteiger partial charge on any atom is 0.195 e. The number of unbranched alkanes of at least 4 members (excludes halogenated alkanes) is 1. The predicted octanol–water partition coefficient (Wildman–Crippen LogP) is 2.24. The Morgan fingerprint density at radius 3 is 2.62 bits per heavy atom. The molecule has 0 amide bonds. The minimum Gasteiger partial charge on any atom is -0.161 e. The molecule has 0 saturated carbocycles. The number of hydrogen-bond acceptors (Lipinski definition) is 0. The molecule has 0 atom stereocenters. The summed E-state index contributed by atoms with van der Waals surface area (Å²) in [7, 11) is 2.14. The van der Waals surface area contributed by atoms with Gasteiger partial charge in [0.05, 0.1) is 12.7 Å². The van der Waals surface area contributed by atoms with Crippen LogP contribution in [-0.2, 0) is 13.6 Å². The number of aromatic nitrogens is 2. The van der Waals surface area contributed by atoms with Crippen molar-refractivity contribution in [2.75, 3.05) is 0 Å². The van der Waals surface area contributed by atoms with E-state index in [1.807, 2.05) is 0 Å². The molecule has 1 heterocycles. The van der Waals surface area contributed by atoms with Gasteiger partial charge in [-0.15, -0.1) is 4.68 Å². The Balaban J connectivity index is 2.74. The van der Waals surface area contributed by atoms with Crippen LogP contribution in [0.25, 0.3) is 0 Å². The number of rotatable bonds is 4. The highest BCUT2D eigenvalue weighted by atomic mass is 15.4. The van der Waals surface area contributed by atoms with Gasteiger partial charge in [-0.1, -0.05) is 27.2 Å². The summed E-state index contributed by atoms with van der Waals surface area (Å²) in [4.78, 5) is 0. The fourth-order valence-electron chi connectivity index (χ4n) is 1.63. The summed E-state index contributed by atoms with van der Waals surface area (Å²) in [5.41, 5.74) is 1.41. The van der Waals surface area contributed by atoms with Gasteiger partial charge in [0.25, 0.3) is 0 Å². The molecule has 0 unspecified atom stereocenters. The van der Waals surface area contributed by atoms with Crippen LogP contribution in [0, 0.1) is 0 Å². The van der Waals surface area contributed by atoms with Gasteiger partial charge in [-0.3, -0.25) is 0 Å². The topological polar surface area (TPSA) is 8.81 Å². The first-order valence-electron chi connectivity index (χ1n) is 5.22. The van der Waals surface area contributed by atoms with Gasteiger partial charge in [0.1, 0.15) is 0 Å². The molecule has 0 spiro atoms. The summed E-state index contributed by atoms with van der Waals surface area (Å²) in [5, 5.41) is 0. The highest BCUT2D eigenvalue weighted by Gasteiger charge is 2.12. The van der Waals surface area contributed by atoms with E-state index in [4.69, 9.17) is 0 Å². The van der Waals surface area contributed by atoms with Crippen molar-refractivity contribution in [3.8, 4) is 0 Å². The zero-order valence-electron chi connectivity index (χ0n) is 9.25. The van der Waals surface area contributed by atoms with Gasteiger partial charge in [-0.05, 0) is 5.92 Å². The number of hydrogen-bond donors (Lipinski definition) is 0. The Labute approximate surface area is 81.2 Å². The molecule has 1 aromatic rings. The smallest absolute Gasteiger partial charge is 0.161 e. The van der Waals surface area contributed by atoms with E-state index >= 15 is 0 Å². The summed E-state index contributed by atoms with van der Waals surface area (Å²) in [6, 6.07) is 2.22. The Morgan fingerprint density at radius 1 is 1.46 bits per heavy atom. The average molecular weight is 181 g/mol. The largest absolute Gasteiger partial charge is 0.195 e. The van der Waals surface area contributed by atoms with Crippen molar-refractivity contribution in [3.63, 3.8) is 0 Å². The lowest BCUT2D eigenvalue weighted by Gasteiger charge is -2.03. The van der Waals surface area contributed by atoms with E-state index in [2.05, 4.69) is 49.4 Å². The van der Waals surface area contributed by atoms with Crippen LogP contribution in [0.1, 0.15) is 45.2 Å². The molecule has 0 radical (unpaired) electrons. The van der Waals surface area contributed by atoms with Crippen LogP contribution in [0.2, 0.25) is 0 Å². The van der Waals surface area contributed by atoms with Crippen molar-refractivity contribution < 1.29 is 4.68 Å². The Kier molecular flexibility index (Phi) is 3.52. The summed E-state index contributed by atoms with van der Waals surface area (Å²) in [6.07, 6.45) is 4.71. The van der Waals surface area contributed by atoms with E-state index in [1.165, 1.54) is 18.5 Å². The molecule has 74 valence electrons. The lowest BCUT2D eigenvalue weighted by atomic mass is 10.1. The van der Waals surface area contributed by atoms with Crippen molar-refractivity contribution in [2.45, 2.75) is 46.1 Å². The summed E-state index contributed by atoms with van der Waals surface area (Å²) < 4.78 is 4.55. The summed E-state index contributed by atoms with van der Waals surface area (Å²) in [5.74, 6) is 0.618. The van der Waals surface area contributed by atoms with Crippen LogP contribution in [-0.4, -0.2) is 4.68 Å². The van der Waals surface area contributed by atoms with Crippen molar-refractivity contribution in [1.29, 1.82) is 0 Å². The highest BCUT2D eigenvalue weighted by molar-refractivity contribution is 5.01. The number of aryl methyl sites for hydroxylation is 1. The Hall–Kier alpha value is -0.790. The summed E-state index contributed by atoms with van der Waals surface area (Å²) >= 11 is 0. The molecule has 1 rings (SSSR count). The minimum absolute atomic E-state index is 0.618. The molecule has 0 saturated heterocycles. The van der Waals surface area contributed by atoms with E-state index in [0.717, 1.165) is 6.54 Å². The fraction of sp³-hybridized carbons (Fsp3) is 0.727. The molecule has 0 aliphatic rings. The standard InChI is InChI=1S/C11H21N2/c1-5-6-8-13-9-7-11(10(2)3)12(13)4/h7,9-10H,5-6,8H2,1-4H3/q+1. The molecule has 0 aliphatic heterocycles. The first-order valence-corrected chi connectivity index (χ1v) is 5.22. The van der Waals surface area contributed by atoms with Gasteiger partial charge in [-0.2, -0.15) is 4.68 Å². The second-order valence-electron chi connectivity index (χ2n) is 3.94. The van der Waals surface area contributed by atoms with Gasteiger partial charge < -0.3 is 0 Å². The molecule has 0 aliphatic carbocycles. The molecule has 0 N–H and O–H groups in total. The zero-order chi connectivity index (χ0) is 9.84. The molecule has 0 fully saturated rings. The van der Waals surface area contributed by atoms with E-state index in [1.54, 1.807) is 0 Å². The molecule has 2 heteroatoms. The first kappa shape index (κ1) is 10.3. The molecular formula is C11H21N2+. The van der Waals surface area contributed by atoms with Gasteiger partial charge in [-0.25, -0.2) is 0 Å². The maximum atomic E-state index is 2.29. The fourth-order valence-corrected chi connectivity index (χ4v) is 1.63. The molecule has 2 nitrogen and oxygen atoms in total. The second-order valence-corrected chi connectivity index (χ2v) is 3.94. The normalized spacial score (nSPS) is 11.2. The van der Waals surface area contributed by atoms with Gasteiger partial charge in [0.2, 0.25) is 0 Å². The maximum absolute atomic E-state index is 2.29. The van der Waals surface area contributed by atoms with Crippen LogP contribution in [0.15, 0.2) is 12.3 Å². The molecule has 0 aromatic carbocycles. The zero-order valence-corrected chi connectivity index (χ0v) is 9.25. The lowest BCUT2D eigenvalue weighted by Crippen LogP contribution is -2.41. The molecule has 1 aromatic heterocycles. The van der Waals surface area contributed by atoms with E-state index in [-0.39, 0.29) is 0 Å². The first-order chi connectivity index (χ1) is 6.16. The SMILES string of the molecule is CCCC[n+]1ccc(C(C)C)n1C. The number of nitrogens with zero attached hydrogens (tertiary/aromatic N) is 2. The minimum atomic E-state index is 0.618. The molecule has 13 heavy (non-hydrogen) atoms. The van der Waals surface area contributed by atoms with Crippen LogP contribution in [0.3, 0.4) is 0 Å². The Bertz CT molecular complexity index is 261. The second kappa shape index (κ2) is 4.45. The quantitative estimate of drug-likeness (QED) is 0.630. The molecular weight excluding hydrogens is 160 g/mol. The van der Waals surface area contributed by atoms with Gasteiger partial charge >= 0.3 is 0 Å². The third kappa shape index (κ3) is 2.33. The Morgan fingerprint density at radius 2 is 2.15 bits per heavy atom. The third-order valence-corrected chi connectivity index (χ3v) is 2.51. The van der Waals surface area contributed by atoms with Crippen LogP contribution in [0.4, 0.5) is 0 Å². The van der Waals surface area contributed by atoms with Crippen molar-refractivity contribution in [1.82, 2.24) is 4.68 Å². The van der Waals surface area contributed by atoms with Gasteiger partial charge in [0, 0.05) is 12.5 Å². The summed E-state index contributed by atoms with van der Waals surface area (Å²) in [6.45, 7) is 7.84. The van der Waals surface area contributed by atoms with E-state index in [9.17, 15) is 0 Å². The highest BCUT2D eigenvalue weighted by Crippen LogP contribution is 2.10.